The van der Waals surface area contributed by atoms with Crippen molar-refractivity contribution in [3.63, 3.8) is 0 Å². The van der Waals surface area contributed by atoms with Crippen LogP contribution in [0.3, 0.4) is 0 Å². The Hall–Kier alpha value is -3.13. The Kier molecular flexibility index (Phi) is 5.04. The summed E-state index contributed by atoms with van der Waals surface area (Å²) in [6, 6.07) is 8.25. The van der Waals surface area contributed by atoms with Gasteiger partial charge in [0.15, 0.2) is 5.13 Å². The van der Waals surface area contributed by atoms with Crippen molar-refractivity contribution in [1.82, 2.24) is 9.97 Å². The van der Waals surface area contributed by atoms with Crippen LogP contribution in [0.25, 0.3) is 23.1 Å². The Balaban J connectivity index is 1.86. The van der Waals surface area contributed by atoms with Crippen molar-refractivity contribution >= 4 is 51.1 Å². The number of pyridine rings is 1. The van der Waals surface area contributed by atoms with Crippen molar-refractivity contribution in [2.45, 2.75) is 13.8 Å². The average Bonchev–Trinajstić information content (AvgIpc) is 3.08. The lowest BCUT2D eigenvalue weighted by Gasteiger charge is -2.14. The average molecular weight is 368 g/mol. The van der Waals surface area contributed by atoms with E-state index in [9.17, 15) is 14.9 Å². The number of amides is 1. The van der Waals surface area contributed by atoms with Crippen LogP contribution in [0.4, 0.5) is 10.8 Å². The molecule has 0 aliphatic heterocycles. The van der Waals surface area contributed by atoms with Crippen molar-refractivity contribution in [3.05, 3.63) is 57.2 Å². The van der Waals surface area contributed by atoms with E-state index in [0.29, 0.717) is 28.3 Å². The largest absolute Gasteiger partial charge is 0.289 e. The van der Waals surface area contributed by atoms with Gasteiger partial charge in [-0.25, -0.2) is 9.97 Å². The number of aromatic nitrogens is 2. The van der Waals surface area contributed by atoms with Crippen molar-refractivity contribution in [2.75, 3.05) is 11.4 Å². The van der Waals surface area contributed by atoms with Crippen molar-refractivity contribution < 1.29 is 9.72 Å². The molecule has 26 heavy (non-hydrogen) atoms. The molecule has 0 aliphatic rings. The first kappa shape index (κ1) is 17.7. The molecule has 0 atom stereocenters. The Morgan fingerprint density at radius 2 is 2.00 bits per heavy atom. The van der Waals surface area contributed by atoms with Gasteiger partial charge in [-0.15, -0.1) is 11.3 Å². The van der Waals surface area contributed by atoms with Crippen LogP contribution in [0.1, 0.15) is 25.2 Å². The molecule has 0 unspecified atom stereocenters. The van der Waals surface area contributed by atoms with E-state index in [2.05, 4.69) is 9.97 Å². The van der Waals surface area contributed by atoms with E-state index in [1.165, 1.54) is 24.3 Å². The monoisotopic (exact) mass is 368 g/mol. The number of hydrogen-bond donors (Lipinski definition) is 0. The Labute approximate surface area is 153 Å². The maximum Gasteiger partial charge on any atom is 0.278 e. The highest BCUT2D eigenvalue weighted by atomic mass is 32.1. The standard InChI is InChI=1S/C18H16N4O3S/c1-3-21(12(2)23)18-20-14(11-26-18)8-7-13-9-10-15-16(19-13)5-4-6-17(15)22(24)25/h4-11H,3H2,1-2H3. The summed E-state index contributed by atoms with van der Waals surface area (Å²) >= 11 is 1.40. The van der Waals surface area contributed by atoms with Crippen LogP contribution in [0, 0.1) is 10.1 Å². The van der Waals surface area contributed by atoms with Crippen LogP contribution in [-0.2, 0) is 4.79 Å². The van der Waals surface area contributed by atoms with Crippen LogP contribution < -0.4 is 4.90 Å². The lowest BCUT2D eigenvalue weighted by atomic mass is 10.1. The first-order valence-electron chi connectivity index (χ1n) is 7.95. The number of hydrogen-bond acceptors (Lipinski definition) is 6. The fourth-order valence-electron chi connectivity index (χ4n) is 2.55. The van der Waals surface area contributed by atoms with E-state index in [1.54, 1.807) is 41.3 Å². The minimum atomic E-state index is -0.412. The molecule has 0 fully saturated rings. The van der Waals surface area contributed by atoms with Crippen molar-refractivity contribution in [1.29, 1.82) is 0 Å². The zero-order valence-corrected chi connectivity index (χ0v) is 15.1. The number of carbonyl (C=O) groups excluding carboxylic acids is 1. The van der Waals surface area contributed by atoms with Gasteiger partial charge in [0.05, 0.1) is 27.2 Å². The number of nitro groups is 1. The molecular weight excluding hydrogens is 352 g/mol. The molecule has 7 nitrogen and oxygen atoms in total. The maximum absolute atomic E-state index is 11.6. The third-order valence-corrected chi connectivity index (χ3v) is 4.67. The lowest BCUT2D eigenvalue weighted by molar-refractivity contribution is -0.383. The van der Waals surface area contributed by atoms with Gasteiger partial charge in [-0.1, -0.05) is 6.07 Å². The number of rotatable bonds is 5. The Morgan fingerprint density at radius 3 is 2.69 bits per heavy atom. The fourth-order valence-corrected chi connectivity index (χ4v) is 3.45. The molecule has 0 saturated carbocycles. The SMILES string of the molecule is CCN(C(C)=O)c1nc(C=Cc2ccc3c([N+](=O)[O-])cccc3n2)cs1. The second kappa shape index (κ2) is 7.40. The summed E-state index contributed by atoms with van der Waals surface area (Å²) < 4.78 is 0. The second-order valence-corrected chi connectivity index (χ2v) is 6.33. The first-order chi connectivity index (χ1) is 12.5. The molecule has 2 aromatic heterocycles. The number of carbonyl (C=O) groups is 1. The molecule has 1 amide bonds. The van der Waals surface area contributed by atoms with E-state index in [4.69, 9.17) is 0 Å². The first-order valence-corrected chi connectivity index (χ1v) is 8.83. The van der Waals surface area contributed by atoms with Gasteiger partial charge in [-0.05, 0) is 37.3 Å². The Morgan fingerprint density at radius 1 is 1.23 bits per heavy atom. The van der Waals surface area contributed by atoms with E-state index >= 15 is 0 Å². The van der Waals surface area contributed by atoms with E-state index in [0.717, 1.165) is 5.69 Å². The van der Waals surface area contributed by atoms with Gasteiger partial charge in [0.2, 0.25) is 5.91 Å². The summed E-state index contributed by atoms with van der Waals surface area (Å²) in [5, 5.41) is 14.1. The Bertz CT molecular complexity index is 1010. The fraction of sp³-hybridized carbons (Fsp3) is 0.167. The summed E-state index contributed by atoms with van der Waals surface area (Å²) in [4.78, 5) is 32.7. The predicted molar refractivity (Wildman–Crippen MR) is 103 cm³/mol. The number of nitro benzene ring substituents is 1. The molecule has 1 aromatic carbocycles. The van der Waals surface area contributed by atoms with Crippen molar-refractivity contribution in [3.8, 4) is 0 Å². The minimum absolute atomic E-state index is 0.0403. The molecule has 0 N–H and O–H groups in total. The van der Waals surface area contributed by atoms with Crippen LogP contribution in [0.15, 0.2) is 35.7 Å². The van der Waals surface area contributed by atoms with Crippen LogP contribution in [0.2, 0.25) is 0 Å². The van der Waals surface area contributed by atoms with Crippen LogP contribution in [-0.4, -0.2) is 27.3 Å². The maximum atomic E-state index is 11.6. The molecular formula is C18H16N4O3S. The summed E-state index contributed by atoms with van der Waals surface area (Å²) in [6.07, 6.45) is 3.60. The van der Waals surface area contributed by atoms with Gasteiger partial charge < -0.3 is 0 Å². The molecule has 0 saturated heterocycles. The van der Waals surface area contributed by atoms with Gasteiger partial charge >= 0.3 is 0 Å². The predicted octanol–water partition coefficient (Wildman–Crippen LogP) is 4.14. The van der Waals surface area contributed by atoms with Crippen molar-refractivity contribution in [2.24, 2.45) is 0 Å². The smallest absolute Gasteiger partial charge is 0.278 e. The summed E-state index contributed by atoms with van der Waals surface area (Å²) in [7, 11) is 0. The molecule has 0 bridgehead atoms. The minimum Gasteiger partial charge on any atom is -0.289 e. The highest BCUT2D eigenvalue weighted by Crippen LogP contribution is 2.25. The number of non-ortho nitro benzene ring substituents is 1. The third kappa shape index (κ3) is 3.60. The van der Waals surface area contributed by atoms with Gasteiger partial charge in [-0.2, -0.15) is 0 Å². The molecule has 132 valence electrons. The molecule has 3 aromatic rings. The zero-order valence-electron chi connectivity index (χ0n) is 14.2. The molecule has 0 spiro atoms. The third-order valence-electron chi connectivity index (χ3n) is 3.79. The number of thiazole rings is 1. The van der Waals surface area contributed by atoms with Gasteiger partial charge in [0.1, 0.15) is 0 Å². The summed E-state index contributed by atoms with van der Waals surface area (Å²) in [6.45, 7) is 3.98. The van der Waals surface area contributed by atoms with Gasteiger partial charge in [-0.3, -0.25) is 19.8 Å². The highest BCUT2D eigenvalue weighted by Gasteiger charge is 2.13. The van der Waals surface area contributed by atoms with Gasteiger partial charge in [0.25, 0.3) is 5.69 Å². The zero-order chi connectivity index (χ0) is 18.7. The van der Waals surface area contributed by atoms with Gasteiger partial charge in [0, 0.05) is 24.9 Å². The molecule has 0 radical (unpaired) electrons. The number of nitrogens with zero attached hydrogens (tertiary/aromatic N) is 4. The van der Waals surface area contributed by atoms with Crippen LogP contribution in [0.5, 0.6) is 0 Å². The molecule has 8 heteroatoms. The van der Waals surface area contributed by atoms with E-state index in [-0.39, 0.29) is 11.6 Å². The summed E-state index contributed by atoms with van der Waals surface area (Å²) in [5.41, 5.74) is 2.00. The molecule has 0 aliphatic carbocycles. The summed E-state index contributed by atoms with van der Waals surface area (Å²) in [5.74, 6) is -0.0461. The topological polar surface area (TPSA) is 89.2 Å². The van der Waals surface area contributed by atoms with E-state index in [1.807, 2.05) is 12.3 Å². The van der Waals surface area contributed by atoms with Crippen LogP contribution >= 0.6 is 11.3 Å². The lowest BCUT2D eigenvalue weighted by Crippen LogP contribution is -2.27. The number of benzene rings is 1. The molecule has 2 heterocycles. The quantitative estimate of drug-likeness (QED) is 0.499. The normalized spacial score (nSPS) is 11.2. The second-order valence-electron chi connectivity index (χ2n) is 5.49. The number of fused-ring (bicyclic) bond motifs is 1. The number of anilines is 1. The molecule has 3 rings (SSSR count). The highest BCUT2D eigenvalue weighted by molar-refractivity contribution is 7.14. The van der Waals surface area contributed by atoms with E-state index < -0.39 is 4.92 Å².